The quantitative estimate of drug-likeness (QED) is 0.794. The van der Waals surface area contributed by atoms with Crippen LogP contribution in [0.15, 0.2) is 18.2 Å². The van der Waals surface area contributed by atoms with Crippen molar-refractivity contribution in [1.82, 2.24) is 0 Å². The van der Waals surface area contributed by atoms with Crippen LogP contribution in [0.3, 0.4) is 0 Å². The molecule has 1 aromatic carbocycles. The molecule has 0 fully saturated rings. The van der Waals surface area contributed by atoms with E-state index in [-0.39, 0.29) is 24.9 Å². The van der Waals surface area contributed by atoms with E-state index >= 15 is 0 Å². The Labute approximate surface area is 143 Å². The minimum atomic E-state index is -0.687. The molecule has 0 saturated carbocycles. The van der Waals surface area contributed by atoms with Gasteiger partial charge < -0.3 is 25.2 Å². The number of carbonyl (C=O) groups excluding carboxylic acids is 1. The van der Waals surface area contributed by atoms with Crippen molar-refractivity contribution in [3.63, 3.8) is 0 Å². The third kappa shape index (κ3) is 5.27. The highest BCUT2D eigenvalue weighted by Gasteiger charge is 2.26. The molecular formula is C16H25ClN2O4. The zero-order valence-corrected chi connectivity index (χ0v) is 14.6. The average molecular weight is 345 g/mol. The molecule has 0 radical (unpaired) electrons. The summed E-state index contributed by atoms with van der Waals surface area (Å²) in [5, 5.41) is 9.66. The van der Waals surface area contributed by atoms with Gasteiger partial charge in [-0.2, -0.15) is 0 Å². The first-order valence-electron chi connectivity index (χ1n) is 7.43. The van der Waals surface area contributed by atoms with Gasteiger partial charge >= 0.3 is 0 Å². The Bertz CT molecular complexity index is 545. The Morgan fingerprint density at radius 1 is 1.48 bits per heavy atom. The number of fused-ring (bicyclic) bond motifs is 1. The number of ether oxygens (including phenoxy) is 2. The van der Waals surface area contributed by atoms with Gasteiger partial charge in [0.1, 0.15) is 24.1 Å². The van der Waals surface area contributed by atoms with Crippen LogP contribution in [0.5, 0.6) is 11.5 Å². The number of anilines is 1. The Morgan fingerprint density at radius 2 is 2.17 bits per heavy atom. The fourth-order valence-electron chi connectivity index (χ4n) is 2.28. The molecule has 1 heterocycles. The molecule has 23 heavy (non-hydrogen) atoms. The topological polar surface area (TPSA) is 85.0 Å². The number of benzene rings is 1. The van der Waals surface area contributed by atoms with Crippen LogP contribution in [0, 0.1) is 0 Å². The van der Waals surface area contributed by atoms with Crippen LogP contribution >= 0.6 is 12.4 Å². The smallest absolute Gasteiger partial charge is 0.247 e. The Hall–Kier alpha value is -1.50. The van der Waals surface area contributed by atoms with Crippen LogP contribution in [-0.2, 0) is 4.79 Å². The molecule has 0 aromatic heterocycles. The Kier molecular flexibility index (Phi) is 6.68. The molecule has 1 amide bonds. The highest BCUT2D eigenvalue weighted by molar-refractivity contribution is 5.98. The lowest BCUT2D eigenvalue weighted by Crippen LogP contribution is -2.43. The van der Waals surface area contributed by atoms with Gasteiger partial charge in [-0.3, -0.25) is 4.79 Å². The second kappa shape index (κ2) is 7.86. The number of rotatable bonds is 5. The Balaban J connectivity index is 0.00000264. The van der Waals surface area contributed by atoms with E-state index in [2.05, 4.69) is 0 Å². The molecule has 7 heteroatoms. The lowest BCUT2D eigenvalue weighted by molar-refractivity contribution is -0.119. The van der Waals surface area contributed by atoms with E-state index in [0.717, 1.165) is 6.42 Å². The van der Waals surface area contributed by atoms with Crippen LogP contribution in [0.4, 0.5) is 5.69 Å². The average Bonchev–Trinajstić information content (AvgIpc) is 2.56. The second-order valence-corrected chi connectivity index (χ2v) is 6.21. The molecule has 1 aromatic rings. The van der Waals surface area contributed by atoms with Crippen molar-refractivity contribution in [2.75, 3.05) is 25.2 Å². The first kappa shape index (κ1) is 19.5. The van der Waals surface area contributed by atoms with Crippen LogP contribution in [0.1, 0.15) is 26.7 Å². The molecule has 0 spiro atoms. The van der Waals surface area contributed by atoms with Crippen molar-refractivity contribution in [2.45, 2.75) is 38.3 Å². The monoisotopic (exact) mass is 344 g/mol. The molecular weight excluding hydrogens is 320 g/mol. The summed E-state index contributed by atoms with van der Waals surface area (Å²) in [4.78, 5) is 13.5. The molecule has 0 bridgehead atoms. The summed E-state index contributed by atoms with van der Waals surface area (Å²) in [6.45, 7) is 4.22. The fraction of sp³-hybridized carbons (Fsp3) is 0.562. The molecule has 6 nitrogen and oxygen atoms in total. The predicted octanol–water partition coefficient (Wildman–Crippen LogP) is 1.72. The number of hydrogen-bond donors (Lipinski definition) is 2. The summed E-state index contributed by atoms with van der Waals surface area (Å²) >= 11 is 0. The molecule has 0 unspecified atom stereocenters. The third-order valence-electron chi connectivity index (χ3n) is 3.56. The van der Waals surface area contributed by atoms with Gasteiger partial charge in [0.25, 0.3) is 0 Å². The molecule has 130 valence electrons. The lowest BCUT2D eigenvalue weighted by atomic mass is 10.0. The first-order valence-corrected chi connectivity index (χ1v) is 7.43. The third-order valence-corrected chi connectivity index (χ3v) is 3.56. The maximum atomic E-state index is 12.0. The van der Waals surface area contributed by atoms with E-state index in [1.807, 2.05) is 0 Å². The van der Waals surface area contributed by atoms with E-state index in [1.165, 1.54) is 4.90 Å². The molecule has 1 aliphatic rings. The minimum Gasteiger partial charge on any atom is -0.494 e. The molecule has 0 saturated heterocycles. The Morgan fingerprint density at radius 3 is 2.83 bits per heavy atom. The zero-order valence-electron chi connectivity index (χ0n) is 13.7. The van der Waals surface area contributed by atoms with Crippen molar-refractivity contribution in [2.24, 2.45) is 5.73 Å². The van der Waals surface area contributed by atoms with Crippen molar-refractivity contribution in [3.8, 4) is 11.5 Å². The molecule has 0 aliphatic carbocycles. The largest absolute Gasteiger partial charge is 0.494 e. The van der Waals surface area contributed by atoms with Gasteiger partial charge in [0, 0.05) is 13.1 Å². The number of aliphatic hydroxyl groups is 1. The first-order chi connectivity index (χ1) is 10.3. The lowest BCUT2D eigenvalue weighted by Gasteiger charge is -2.19. The maximum Gasteiger partial charge on any atom is 0.247 e. The van der Waals surface area contributed by atoms with E-state index in [1.54, 1.807) is 39.1 Å². The van der Waals surface area contributed by atoms with Gasteiger partial charge in [-0.15, -0.1) is 12.4 Å². The summed E-state index contributed by atoms with van der Waals surface area (Å²) in [6, 6.07) is 4.70. The number of nitrogens with two attached hydrogens (primary N) is 1. The molecule has 2 rings (SSSR count). The highest BCUT2D eigenvalue weighted by Crippen LogP contribution is 2.34. The van der Waals surface area contributed by atoms with Gasteiger partial charge in [0.05, 0.1) is 17.9 Å². The SMILES string of the molecule is CN1C(=O)[C@@H](N)COc2ccc(OCCCC(C)(C)O)cc21.Cl. The normalized spacial score (nSPS) is 17.7. The summed E-state index contributed by atoms with van der Waals surface area (Å²) in [5.74, 6) is 1.10. The van der Waals surface area contributed by atoms with Crippen LogP contribution in [-0.4, -0.2) is 42.9 Å². The van der Waals surface area contributed by atoms with Gasteiger partial charge in [-0.05, 0) is 38.8 Å². The second-order valence-electron chi connectivity index (χ2n) is 6.21. The van der Waals surface area contributed by atoms with E-state index in [4.69, 9.17) is 15.2 Å². The molecule has 1 atom stereocenters. The van der Waals surface area contributed by atoms with Crippen molar-refractivity contribution in [1.29, 1.82) is 0 Å². The predicted molar refractivity (Wildman–Crippen MR) is 91.6 cm³/mol. The van der Waals surface area contributed by atoms with Gasteiger partial charge in [-0.1, -0.05) is 0 Å². The number of amides is 1. The summed E-state index contributed by atoms with van der Waals surface area (Å²) in [5.41, 5.74) is 5.72. The standard InChI is InChI=1S/C16H24N2O4.ClH/c1-16(2,20)7-4-8-21-11-5-6-14-13(9-11)18(3)15(19)12(17)10-22-14;/h5-6,9,12,20H,4,7-8,10,17H2,1-3H3;1H/t12-;/m0./s1. The highest BCUT2D eigenvalue weighted by atomic mass is 35.5. The summed E-state index contributed by atoms with van der Waals surface area (Å²) in [6.07, 6.45) is 1.41. The number of hydrogen-bond acceptors (Lipinski definition) is 5. The van der Waals surface area contributed by atoms with E-state index in [0.29, 0.717) is 30.2 Å². The van der Waals surface area contributed by atoms with Crippen LogP contribution in [0.25, 0.3) is 0 Å². The van der Waals surface area contributed by atoms with Crippen molar-refractivity contribution < 1.29 is 19.4 Å². The van der Waals surface area contributed by atoms with Gasteiger partial charge in [0.15, 0.2) is 0 Å². The fourth-order valence-corrected chi connectivity index (χ4v) is 2.28. The van der Waals surface area contributed by atoms with E-state index in [9.17, 15) is 9.90 Å². The molecule has 3 N–H and O–H groups in total. The van der Waals surface area contributed by atoms with Crippen LogP contribution < -0.4 is 20.1 Å². The number of nitrogens with zero attached hydrogens (tertiary/aromatic N) is 1. The van der Waals surface area contributed by atoms with Gasteiger partial charge in [0.2, 0.25) is 5.91 Å². The zero-order chi connectivity index (χ0) is 16.3. The number of likely N-dealkylation sites (N-methyl/N-ethyl adjacent to an activating group) is 1. The summed E-state index contributed by atoms with van der Waals surface area (Å²) < 4.78 is 11.2. The van der Waals surface area contributed by atoms with Crippen molar-refractivity contribution >= 4 is 24.0 Å². The number of carbonyl (C=O) groups is 1. The van der Waals surface area contributed by atoms with Gasteiger partial charge in [-0.25, -0.2) is 0 Å². The van der Waals surface area contributed by atoms with Crippen LogP contribution in [0.2, 0.25) is 0 Å². The number of halogens is 1. The van der Waals surface area contributed by atoms with Crippen molar-refractivity contribution in [3.05, 3.63) is 18.2 Å². The maximum absolute atomic E-state index is 12.0. The molecule has 1 aliphatic heterocycles. The minimum absolute atomic E-state index is 0. The van der Waals surface area contributed by atoms with E-state index < -0.39 is 11.6 Å². The summed E-state index contributed by atoms with van der Waals surface area (Å²) in [7, 11) is 1.67.